The first kappa shape index (κ1) is 36.5. The Morgan fingerprint density at radius 2 is 1.26 bits per heavy atom. The van der Waals surface area contributed by atoms with Gasteiger partial charge in [-0.1, -0.05) is 46.1 Å². The molecule has 0 aromatic heterocycles. The van der Waals surface area contributed by atoms with Crippen molar-refractivity contribution in [3.8, 4) is 11.5 Å². The summed E-state index contributed by atoms with van der Waals surface area (Å²) in [4.78, 5) is 49.2. The predicted octanol–water partition coefficient (Wildman–Crippen LogP) is 6.24. The standard InChI is InChI=1S/C30H47NO11/c1-8-11-16-36-28(33)40-22(7)21(6)39-27(32)24(31)17-23-14-15-25(41-29(34)37-19(4)12-9-2)26(18-23)42-30(35)38-20(5)13-10-3/h14-15,18-22,24H,8-13,16-17,31H2,1-7H3/t19?,20?,21-,22-,24-/m0/s1. The fourth-order valence-electron chi connectivity index (χ4n) is 3.62. The molecule has 5 atom stereocenters. The summed E-state index contributed by atoms with van der Waals surface area (Å²) in [6, 6.07) is 3.27. The Morgan fingerprint density at radius 3 is 1.81 bits per heavy atom. The molecule has 0 fully saturated rings. The van der Waals surface area contributed by atoms with Crippen LogP contribution < -0.4 is 15.2 Å². The zero-order valence-corrected chi connectivity index (χ0v) is 25.8. The molecule has 0 aliphatic rings. The Kier molecular flexibility index (Phi) is 17.0. The van der Waals surface area contributed by atoms with E-state index >= 15 is 0 Å². The Balaban J connectivity index is 2.93. The van der Waals surface area contributed by atoms with Crippen LogP contribution in [-0.4, -0.2) is 61.5 Å². The van der Waals surface area contributed by atoms with Gasteiger partial charge in [-0.05, 0) is 71.1 Å². The summed E-state index contributed by atoms with van der Waals surface area (Å²) in [7, 11) is 0. The number of nitrogens with two attached hydrogens (primary N) is 1. The average molecular weight is 598 g/mol. The van der Waals surface area contributed by atoms with Gasteiger partial charge in [-0.15, -0.1) is 0 Å². The van der Waals surface area contributed by atoms with E-state index in [0.717, 1.165) is 19.3 Å². The van der Waals surface area contributed by atoms with E-state index in [0.29, 0.717) is 24.8 Å². The van der Waals surface area contributed by atoms with Crippen molar-refractivity contribution in [2.24, 2.45) is 5.73 Å². The van der Waals surface area contributed by atoms with Crippen LogP contribution in [0.1, 0.15) is 92.6 Å². The highest BCUT2D eigenvalue weighted by atomic mass is 16.8. The molecule has 238 valence electrons. The van der Waals surface area contributed by atoms with Gasteiger partial charge in [-0.2, -0.15) is 0 Å². The number of esters is 1. The zero-order chi connectivity index (χ0) is 31.7. The van der Waals surface area contributed by atoms with Crippen molar-refractivity contribution in [2.75, 3.05) is 6.61 Å². The molecule has 2 unspecified atom stereocenters. The van der Waals surface area contributed by atoms with E-state index < -0.39 is 42.7 Å². The number of unbranched alkanes of at least 4 members (excludes halogenated alkanes) is 1. The molecule has 12 nitrogen and oxygen atoms in total. The van der Waals surface area contributed by atoms with Gasteiger partial charge in [0.2, 0.25) is 0 Å². The quantitative estimate of drug-likeness (QED) is 0.0933. The van der Waals surface area contributed by atoms with Gasteiger partial charge in [0.25, 0.3) is 0 Å². The van der Waals surface area contributed by atoms with Gasteiger partial charge < -0.3 is 38.9 Å². The van der Waals surface area contributed by atoms with Gasteiger partial charge >= 0.3 is 24.4 Å². The minimum atomic E-state index is -1.10. The third kappa shape index (κ3) is 14.4. The van der Waals surface area contributed by atoms with E-state index in [1.54, 1.807) is 33.8 Å². The van der Waals surface area contributed by atoms with Crippen LogP contribution in [0.4, 0.5) is 14.4 Å². The number of ether oxygens (including phenoxy) is 7. The molecule has 0 radical (unpaired) electrons. The molecule has 0 bridgehead atoms. The maximum absolute atomic E-state index is 12.7. The van der Waals surface area contributed by atoms with Gasteiger partial charge in [0.1, 0.15) is 30.5 Å². The highest BCUT2D eigenvalue weighted by Gasteiger charge is 2.26. The Bertz CT molecular complexity index is 999. The van der Waals surface area contributed by atoms with E-state index in [1.807, 2.05) is 20.8 Å². The monoisotopic (exact) mass is 597 g/mol. The van der Waals surface area contributed by atoms with Crippen molar-refractivity contribution >= 4 is 24.4 Å². The molecule has 2 N–H and O–H groups in total. The van der Waals surface area contributed by atoms with Crippen molar-refractivity contribution in [1.29, 1.82) is 0 Å². The van der Waals surface area contributed by atoms with E-state index in [1.165, 1.54) is 12.1 Å². The normalized spacial score (nSPS) is 14.4. The maximum Gasteiger partial charge on any atom is 0.514 e. The molecule has 1 aromatic carbocycles. The number of carbonyl (C=O) groups is 4. The Morgan fingerprint density at radius 1 is 0.714 bits per heavy atom. The SMILES string of the molecule is CCCCOC(=O)O[C@@H](C)[C@H](C)OC(=O)[C@@H](N)Cc1ccc(OC(=O)OC(C)CCC)c(OC(=O)OC(C)CCC)c1. The molecule has 0 saturated carbocycles. The summed E-state index contributed by atoms with van der Waals surface area (Å²) in [5.74, 6) is -0.922. The van der Waals surface area contributed by atoms with Gasteiger partial charge in [-0.25, -0.2) is 14.4 Å². The summed E-state index contributed by atoms with van der Waals surface area (Å²) in [5, 5.41) is 0. The molecular formula is C30H47NO11. The molecule has 0 spiro atoms. The lowest BCUT2D eigenvalue weighted by Gasteiger charge is -2.22. The predicted molar refractivity (Wildman–Crippen MR) is 153 cm³/mol. The van der Waals surface area contributed by atoms with Gasteiger partial charge in [-0.3, -0.25) is 4.79 Å². The molecule has 1 rings (SSSR count). The first-order valence-corrected chi connectivity index (χ1v) is 14.6. The second kappa shape index (κ2) is 19.6. The molecule has 12 heteroatoms. The fraction of sp³-hybridized carbons (Fsp3) is 0.667. The van der Waals surface area contributed by atoms with E-state index in [9.17, 15) is 19.2 Å². The minimum absolute atomic E-state index is 0.00421. The fourth-order valence-corrected chi connectivity index (χ4v) is 3.62. The van der Waals surface area contributed by atoms with Crippen molar-refractivity contribution in [1.82, 2.24) is 0 Å². The number of rotatable bonds is 17. The summed E-state index contributed by atoms with van der Waals surface area (Å²) in [5.41, 5.74) is 6.57. The molecule has 1 aromatic rings. The van der Waals surface area contributed by atoms with E-state index in [-0.39, 0.29) is 36.7 Å². The molecule has 0 heterocycles. The summed E-state index contributed by atoms with van der Waals surface area (Å²) in [6.07, 6.45) is -0.605. The Labute approximate surface area is 248 Å². The summed E-state index contributed by atoms with van der Waals surface area (Å²) < 4.78 is 36.6. The maximum atomic E-state index is 12.7. The lowest BCUT2D eigenvalue weighted by molar-refractivity contribution is -0.155. The lowest BCUT2D eigenvalue weighted by atomic mass is 10.1. The summed E-state index contributed by atoms with van der Waals surface area (Å²) >= 11 is 0. The van der Waals surface area contributed by atoms with Crippen molar-refractivity contribution in [2.45, 2.75) is 124 Å². The van der Waals surface area contributed by atoms with Crippen LogP contribution >= 0.6 is 0 Å². The van der Waals surface area contributed by atoms with Crippen LogP contribution in [0.5, 0.6) is 11.5 Å². The zero-order valence-electron chi connectivity index (χ0n) is 25.8. The van der Waals surface area contributed by atoms with Gasteiger partial charge in [0.15, 0.2) is 11.5 Å². The van der Waals surface area contributed by atoms with Gasteiger partial charge in [0, 0.05) is 0 Å². The van der Waals surface area contributed by atoms with Crippen molar-refractivity contribution in [3.63, 3.8) is 0 Å². The number of hydrogen-bond acceptors (Lipinski definition) is 12. The lowest BCUT2D eigenvalue weighted by Crippen LogP contribution is -2.39. The third-order valence-corrected chi connectivity index (χ3v) is 6.10. The van der Waals surface area contributed by atoms with E-state index in [4.69, 9.17) is 38.9 Å². The number of benzene rings is 1. The van der Waals surface area contributed by atoms with Crippen LogP contribution in [0, 0.1) is 0 Å². The molecule has 42 heavy (non-hydrogen) atoms. The molecule has 0 aliphatic carbocycles. The first-order valence-electron chi connectivity index (χ1n) is 14.6. The van der Waals surface area contributed by atoms with Crippen LogP contribution in [0.25, 0.3) is 0 Å². The molecular weight excluding hydrogens is 550 g/mol. The van der Waals surface area contributed by atoms with E-state index in [2.05, 4.69) is 0 Å². The van der Waals surface area contributed by atoms with Gasteiger partial charge in [0.05, 0.1) is 6.61 Å². The second-order valence-electron chi connectivity index (χ2n) is 10.1. The highest BCUT2D eigenvalue weighted by Crippen LogP contribution is 2.30. The summed E-state index contributed by atoms with van der Waals surface area (Å²) in [6.45, 7) is 12.7. The minimum Gasteiger partial charge on any atom is -0.458 e. The topological polar surface area (TPSA) is 159 Å². The first-order chi connectivity index (χ1) is 19.9. The van der Waals surface area contributed by atoms with Crippen LogP contribution in [-0.2, 0) is 34.9 Å². The largest absolute Gasteiger partial charge is 0.514 e. The average Bonchev–Trinajstić information content (AvgIpc) is 2.90. The second-order valence-corrected chi connectivity index (χ2v) is 10.1. The number of hydrogen-bond donors (Lipinski definition) is 1. The third-order valence-electron chi connectivity index (χ3n) is 6.10. The molecule has 0 amide bonds. The van der Waals surface area contributed by atoms with Crippen LogP contribution in [0.15, 0.2) is 18.2 Å². The van der Waals surface area contributed by atoms with Crippen molar-refractivity contribution < 1.29 is 52.3 Å². The Hall–Kier alpha value is -3.54. The molecule has 0 saturated heterocycles. The smallest absolute Gasteiger partial charge is 0.458 e. The highest BCUT2D eigenvalue weighted by molar-refractivity contribution is 5.76. The molecule has 0 aliphatic heterocycles. The van der Waals surface area contributed by atoms with Crippen LogP contribution in [0.3, 0.4) is 0 Å². The van der Waals surface area contributed by atoms with Crippen molar-refractivity contribution in [3.05, 3.63) is 23.8 Å². The van der Waals surface area contributed by atoms with Crippen LogP contribution in [0.2, 0.25) is 0 Å². The number of carbonyl (C=O) groups excluding carboxylic acids is 4.